The largest absolute Gasteiger partial charge is 0.493 e. The number of pyridine rings is 1. The SMILES string of the molecule is COc1ccc(-n2c(=O)[nH]c3c(sc4ncccc43)c2=O)cc1OC. The molecule has 0 fully saturated rings. The highest BCUT2D eigenvalue weighted by molar-refractivity contribution is 7.25. The molecular formula is C17H13N3O4S. The second-order valence-electron chi connectivity index (χ2n) is 5.27. The van der Waals surface area contributed by atoms with E-state index < -0.39 is 11.2 Å². The predicted octanol–water partition coefficient (Wildman–Crippen LogP) is 2.31. The van der Waals surface area contributed by atoms with E-state index in [4.69, 9.17) is 9.47 Å². The Morgan fingerprint density at radius 2 is 1.92 bits per heavy atom. The lowest BCUT2D eigenvalue weighted by atomic mass is 10.2. The zero-order chi connectivity index (χ0) is 17.6. The van der Waals surface area contributed by atoms with E-state index >= 15 is 0 Å². The van der Waals surface area contributed by atoms with Crippen LogP contribution < -0.4 is 20.7 Å². The van der Waals surface area contributed by atoms with Gasteiger partial charge in [-0.2, -0.15) is 0 Å². The maximum atomic E-state index is 12.9. The van der Waals surface area contributed by atoms with Gasteiger partial charge in [-0.1, -0.05) is 0 Å². The number of H-pyrrole nitrogens is 1. The van der Waals surface area contributed by atoms with Crippen molar-refractivity contribution in [3.05, 3.63) is 57.4 Å². The Labute approximate surface area is 145 Å². The van der Waals surface area contributed by atoms with E-state index in [1.165, 1.54) is 25.6 Å². The number of methoxy groups -OCH3 is 2. The molecule has 0 unspecified atom stereocenters. The van der Waals surface area contributed by atoms with E-state index in [-0.39, 0.29) is 0 Å². The van der Waals surface area contributed by atoms with Gasteiger partial charge in [0.05, 0.1) is 25.4 Å². The Bertz CT molecular complexity index is 1220. The van der Waals surface area contributed by atoms with E-state index in [0.717, 1.165) is 9.95 Å². The molecule has 4 rings (SSSR count). The predicted molar refractivity (Wildman–Crippen MR) is 96.4 cm³/mol. The summed E-state index contributed by atoms with van der Waals surface area (Å²) in [6.07, 6.45) is 1.66. The van der Waals surface area contributed by atoms with Crippen LogP contribution in [0.2, 0.25) is 0 Å². The number of ether oxygens (including phenoxy) is 2. The molecule has 1 aromatic carbocycles. The van der Waals surface area contributed by atoms with Crippen molar-refractivity contribution < 1.29 is 9.47 Å². The van der Waals surface area contributed by atoms with Crippen LogP contribution >= 0.6 is 11.3 Å². The fraction of sp³-hybridized carbons (Fsp3) is 0.118. The lowest BCUT2D eigenvalue weighted by Crippen LogP contribution is -2.33. The first kappa shape index (κ1) is 15.4. The number of nitrogens with one attached hydrogen (secondary N) is 1. The molecule has 0 bridgehead atoms. The van der Waals surface area contributed by atoms with Gasteiger partial charge in [0.2, 0.25) is 0 Å². The molecule has 0 atom stereocenters. The number of aromatic nitrogens is 3. The molecule has 4 aromatic rings. The molecule has 0 aliphatic heterocycles. The van der Waals surface area contributed by atoms with Crippen molar-refractivity contribution in [2.45, 2.75) is 0 Å². The summed E-state index contributed by atoms with van der Waals surface area (Å²) in [5, 5.41) is 0.760. The Balaban J connectivity index is 2.04. The average molecular weight is 355 g/mol. The number of nitrogens with zero attached hydrogens (tertiary/aromatic N) is 2. The topological polar surface area (TPSA) is 86.2 Å². The molecular weight excluding hydrogens is 342 g/mol. The van der Waals surface area contributed by atoms with Gasteiger partial charge in [0, 0.05) is 17.6 Å². The normalized spacial score (nSPS) is 11.1. The molecule has 0 saturated carbocycles. The lowest BCUT2D eigenvalue weighted by Gasteiger charge is -2.10. The number of hydrogen-bond acceptors (Lipinski definition) is 6. The maximum absolute atomic E-state index is 12.9. The number of thiophene rings is 1. The Morgan fingerprint density at radius 3 is 2.68 bits per heavy atom. The third-order valence-electron chi connectivity index (χ3n) is 3.92. The van der Waals surface area contributed by atoms with Crippen molar-refractivity contribution in [3.8, 4) is 17.2 Å². The van der Waals surface area contributed by atoms with Crippen LogP contribution in [-0.2, 0) is 0 Å². The third kappa shape index (κ3) is 2.30. The van der Waals surface area contributed by atoms with E-state index in [9.17, 15) is 9.59 Å². The lowest BCUT2D eigenvalue weighted by molar-refractivity contribution is 0.355. The molecule has 0 radical (unpaired) electrons. The summed E-state index contributed by atoms with van der Waals surface area (Å²) < 4.78 is 12.0. The minimum Gasteiger partial charge on any atom is -0.493 e. The second-order valence-corrected chi connectivity index (χ2v) is 6.27. The van der Waals surface area contributed by atoms with E-state index in [1.54, 1.807) is 30.5 Å². The van der Waals surface area contributed by atoms with E-state index in [1.807, 2.05) is 6.07 Å². The quantitative estimate of drug-likeness (QED) is 0.609. The Hall–Kier alpha value is -3.13. The molecule has 3 aromatic heterocycles. The molecule has 126 valence electrons. The van der Waals surface area contributed by atoms with Crippen molar-refractivity contribution in [1.29, 1.82) is 0 Å². The van der Waals surface area contributed by atoms with Gasteiger partial charge in [0.15, 0.2) is 11.5 Å². The molecule has 0 saturated heterocycles. The zero-order valence-electron chi connectivity index (χ0n) is 13.4. The fourth-order valence-corrected chi connectivity index (χ4v) is 3.79. The highest BCUT2D eigenvalue weighted by Crippen LogP contribution is 2.30. The number of rotatable bonds is 3. The summed E-state index contributed by atoms with van der Waals surface area (Å²) >= 11 is 1.25. The molecule has 0 aliphatic rings. The number of aromatic amines is 1. The minimum absolute atomic E-state index is 0.394. The molecule has 8 heteroatoms. The van der Waals surface area contributed by atoms with E-state index in [2.05, 4.69) is 9.97 Å². The average Bonchev–Trinajstić information content (AvgIpc) is 3.00. The van der Waals surface area contributed by atoms with Crippen molar-refractivity contribution >= 4 is 31.8 Å². The standard InChI is InChI=1S/C17H13N3O4S/c1-23-11-6-5-9(8-12(11)24-2)20-16(21)14-13(19-17(20)22)10-4-3-7-18-15(10)25-14/h3-8H,1-2H3,(H,19,22). The van der Waals surface area contributed by atoms with Crippen LogP contribution in [0.3, 0.4) is 0 Å². The summed E-state index contributed by atoms with van der Waals surface area (Å²) in [5.74, 6) is 0.951. The first-order chi connectivity index (χ1) is 12.1. The van der Waals surface area contributed by atoms with Crippen LogP contribution in [0, 0.1) is 0 Å². The van der Waals surface area contributed by atoms with Crippen molar-refractivity contribution in [2.75, 3.05) is 14.2 Å². The minimum atomic E-state index is -0.520. The zero-order valence-corrected chi connectivity index (χ0v) is 14.2. The highest BCUT2D eigenvalue weighted by atomic mass is 32.1. The summed E-state index contributed by atoms with van der Waals surface area (Å²) in [7, 11) is 3.02. The van der Waals surface area contributed by atoms with Crippen LogP contribution in [0.1, 0.15) is 0 Å². The Kier molecular flexibility index (Phi) is 3.54. The molecule has 0 amide bonds. The van der Waals surface area contributed by atoms with Gasteiger partial charge < -0.3 is 14.5 Å². The fourth-order valence-electron chi connectivity index (χ4n) is 2.76. The molecule has 3 heterocycles. The van der Waals surface area contributed by atoms with Gasteiger partial charge in [-0.25, -0.2) is 14.3 Å². The first-order valence-corrected chi connectivity index (χ1v) is 8.20. The van der Waals surface area contributed by atoms with E-state index in [0.29, 0.717) is 32.2 Å². The molecule has 25 heavy (non-hydrogen) atoms. The summed E-state index contributed by atoms with van der Waals surface area (Å²) in [5.41, 5.74) is -0.00159. The van der Waals surface area contributed by atoms with Crippen molar-refractivity contribution in [2.24, 2.45) is 0 Å². The van der Waals surface area contributed by atoms with Crippen molar-refractivity contribution in [3.63, 3.8) is 0 Å². The van der Waals surface area contributed by atoms with Crippen LogP contribution in [0.25, 0.3) is 26.1 Å². The molecule has 0 aliphatic carbocycles. The number of benzene rings is 1. The van der Waals surface area contributed by atoms with Gasteiger partial charge >= 0.3 is 5.69 Å². The smallest absolute Gasteiger partial charge is 0.333 e. The molecule has 0 spiro atoms. The van der Waals surface area contributed by atoms with Gasteiger partial charge in [0.25, 0.3) is 5.56 Å². The molecule has 1 N–H and O–H groups in total. The second kappa shape index (κ2) is 5.75. The monoisotopic (exact) mass is 355 g/mol. The van der Waals surface area contributed by atoms with Gasteiger partial charge in [0.1, 0.15) is 9.53 Å². The van der Waals surface area contributed by atoms with Gasteiger partial charge in [-0.15, -0.1) is 11.3 Å². The van der Waals surface area contributed by atoms with Crippen LogP contribution in [0.5, 0.6) is 11.5 Å². The number of fused-ring (bicyclic) bond motifs is 3. The highest BCUT2D eigenvalue weighted by Gasteiger charge is 2.16. The van der Waals surface area contributed by atoms with Crippen LogP contribution in [0.4, 0.5) is 0 Å². The van der Waals surface area contributed by atoms with Gasteiger partial charge in [-0.05, 0) is 24.3 Å². The molecule has 7 nitrogen and oxygen atoms in total. The van der Waals surface area contributed by atoms with Crippen molar-refractivity contribution in [1.82, 2.24) is 14.5 Å². The van der Waals surface area contributed by atoms with Crippen LogP contribution in [0.15, 0.2) is 46.1 Å². The summed E-state index contributed by atoms with van der Waals surface area (Å²) in [4.78, 5) is 33.2. The number of hydrogen-bond donors (Lipinski definition) is 1. The van der Waals surface area contributed by atoms with Gasteiger partial charge in [-0.3, -0.25) is 4.79 Å². The third-order valence-corrected chi connectivity index (χ3v) is 5.03. The first-order valence-electron chi connectivity index (χ1n) is 7.39. The maximum Gasteiger partial charge on any atom is 0.333 e. The Morgan fingerprint density at radius 1 is 1.12 bits per heavy atom. The van der Waals surface area contributed by atoms with Crippen LogP contribution in [-0.4, -0.2) is 28.8 Å². The summed E-state index contributed by atoms with van der Waals surface area (Å²) in [6.45, 7) is 0. The summed E-state index contributed by atoms with van der Waals surface area (Å²) in [6, 6.07) is 8.48.